The van der Waals surface area contributed by atoms with E-state index in [9.17, 15) is 13.2 Å². The van der Waals surface area contributed by atoms with E-state index in [1.165, 1.54) is 0 Å². The summed E-state index contributed by atoms with van der Waals surface area (Å²) in [4.78, 5) is 12.3. The zero-order valence-corrected chi connectivity index (χ0v) is 15.4. The summed E-state index contributed by atoms with van der Waals surface area (Å²) in [7, 11) is -3.40. The van der Waals surface area contributed by atoms with E-state index in [1.807, 2.05) is 29.6 Å². The Morgan fingerprint density at radius 3 is 2.36 bits per heavy atom. The maximum absolute atomic E-state index is 12.3. The van der Waals surface area contributed by atoms with Gasteiger partial charge in [0.1, 0.15) is 0 Å². The Bertz CT molecular complexity index is 1010. The Kier molecular flexibility index (Phi) is 4.78. The van der Waals surface area contributed by atoms with Crippen molar-refractivity contribution < 1.29 is 13.2 Å². The van der Waals surface area contributed by atoms with Crippen molar-refractivity contribution in [3.05, 3.63) is 59.5 Å². The average Bonchev–Trinajstić information content (AvgIpc) is 3.02. The number of thiophene rings is 1. The van der Waals surface area contributed by atoms with Crippen LogP contribution in [0.2, 0.25) is 0 Å². The number of amides is 1. The summed E-state index contributed by atoms with van der Waals surface area (Å²) in [6, 6.07) is 14.1. The van der Waals surface area contributed by atoms with E-state index in [-0.39, 0.29) is 5.91 Å². The molecule has 3 aromatic rings. The second kappa shape index (κ2) is 6.85. The number of carbonyl (C=O) groups is 1. The van der Waals surface area contributed by atoms with Crippen LogP contribution in [0.1, 0.15) is 24.2 Å². The lowest BCUT2D eigenvalue weighted by atomic mass is 10.2. The van der Waals surface area contributed by atoms with Gasteiger partial charge < -0.3 is 5.32 Å². The Balaban J connectivity index is 1.72. The number of rotatable bonds is 5. The fourth-order valence-corrected chi connectivity index (χ4v) is 3.74. The first-order chi connectivity index (χ1) is 11.8. The molecule has 0 unspecified atom stereocenters. The second-order valence-electron chi connectivity index (χ2n) is 5.90. The molecule has 130 valence electrons. The summed E-state index contributed by atoms with van der Waals surface area (Å²) < 4.78 is 27.3. The average molecular weight is 374 g/mol. The minimum absolute atomic E-state index is 0.242. The highest BCUT2D eigenvalue weighted by molar-refractivity contribution is 7.93. The van der Waals surface area contributed by atoms with Crippen LogP contribution in [0.3, 0.4) is 0 Å². The van der Waals surface area contributed by atoms with Gasteiger partial charge in [-0.3, -0.25) is 9.52 Å². The van der Waals surface area contributed by atoms with Crippen LogP contribution in [0, 0.1) is 0 Å². The van der Waals surface area contributed by atoms with E-state index in [2.05, 4.69) is 10.0 Å². The summed E-state index contributed by atoms with van der Waals surface area (Å²) in [5.41, 5.74) is 1.62. The van der Waals surface area contributed by atoms with Gasteiger partial charge in [-0.1, -0.05) is 6.07 Å². The SMILES string of the molecule is CC(C)S(=O)(=O)Nc1ccc(C(=O)Nc2ccc3ccsc3c2)cc1. The fraction of sp³-hybridized carbons (Fsp3) is 0.167. The lowest BCUT2D eigenvalue weighted by Gasteiger charge is -2.11. The van der Waals surface area contributed by atoms with Gasteiger partial charge >= 0.3 is 0 Å². The molecular weight excluding hydrogens is 356 g/mol. The molecule has 0 aliphatic rings. The van der Waals surface area contributed by atoms with E-state index >= 15 is 0 Å². The summed E-state index contributed by atoms with van der Waals surface area (Å²) in [6.07, 6.45) is 0. The first kappa shape index (κ1) is 17.4. The predicted molar refractivity (Wildman–Crippen MR) is 104 cm³/mol. The number of sulfonamides is 1. The third-order valence-electron chi connectivity index (χ3n) is 3.74. The van der Waals surface area contributed by atoms with Crippen LogP contribution in [-0.2, 0) is 10.0 Å². The van der Waals surface area contributed by atoms with Crippen molar-refractivity contribution in [2.75, 3.05) is 10.0 Å². The molecule has 0 spiro atoms. The van der Waals surface area contributed by atoms with E-state index in [0.29, 0.717) is 11.3 Å². The van der Waals surface area contributed by atoms with E-state index in [0.717, 1.165) is 15.8 Å². The van der Waals surface area contributed by atoms with E-state index in [1.54, 1.807) is 49.4 Å². The maximum atomic E-state index is 12.3. The highest BCUT2D eigenvalue weighted by Crippen LogP contribution is 2.24. The Hall–Kier alpha value is -2.38. The monoisotopic (exact) mass is 374 g/mol. The zero-order chi connectivity index (χ0) is 18.0. The number of benzene rings is 2. The molecule has 2 aromatic carbocycles. The maximum Gasteiger partial charge on any atom is 0.255 e. The number of nitrogens with one attached hydrogen (secondary N) is 2. The summed E-state index contributed by atoms with van der Waals surface area (Å²) in [5.74, 6) is -0.242. The van der Waals surface area contributed by atoms with Crippen molar-refractivity contribution in [2.45, 2.75) is 19.1 Å². The van der Waals surface area contributed by atoms with Crippen LogP contribution in [0.4, 0.5) is 11.4 Å². The zero-order valence-electron chi connectivity index (χ0n) is 13.8. The molecule has 0 saturated carbocycles. The predicted octanol–water partition coefficient (Wildman–Crippen LogP) is 4.30. The number of fused-ring (bicyclic) bond motifs is 1. The van der Waals surface area contributed by atoms with E-state index < -0.39 is 15.3 Å². The van der Waals surface area contributed by atoms with Gasteiger partial charge in [-0.2, -0.15) is 0 Å². The molecule has 0 fully saturated rings. The topological polar surface area (TPSA) is 75.3 Å². The Morgan fingerprint density at radius 1 is 1.00 bits per heavy atom. The first-order valence-corrected chi connectivity index (χ1v) is 10.2. The van der Waals surface area contributed by atoms with Crippen molar-refractivity contribution in [1.82, 2.24) is 0 Å². The van der Waals surface area contributed by atoms with Gasteiger partial charge in [-0.05, 0) is 67.1 Å². The van der Waals surface area contributed by atoms with Crippen LogP contribution in [-0.4, -0.2) is 19.6 Å². The molecule has 7 heteroatoms. The third kappa shape index (κ3) is 4.00. The molecule has 0 aliphatic carbocycles. The van der Waals surface area contributed by atoms with E-state index in [4.69, 9.17) is 0 Å². The Labute approximate surface area is 150 Å². The largest absolute Gasteiger partial charge is 0.322 e. The summed E-state index contributed by atoms with van der Waals surface area (Å²) in [5, 5.41) is 5.48. The first-order valence-electron chi connectivity index (χ1n) is 7.75. The lowest BCUT2D eigenvalue weighted by molar-refractivity contribution is 0.102. The molecule has 1 aromatic heterocycles. The van der Waals surface area contributed by atoms with Gasteiger partial charge in [0.2, 0.25) is 10.0 Å². The van der Waals surface area contributed by atoms with Crippen molar-refractivity contribution in [1.29, 1.82) is 0 Å². The summed E-state index contributed by atoms with van der Waals surface area (Å²) in [6.45, 7) is 3.21. The second-order valence-corrected chi connectivity index (χ2v) is 9.09. The van der Waals surface area contributed by atoms with Crippen LogP contribution < -0.4 is 10.0 Å². The summed E-state index contributed by atoms with van der Waals surface area (Å²) >= 11 is 1.62. The van der Waals surface area contributed by atoms with Crippen LogP contribution in [0.5, 0.6) is 0 Å². The van der Waals surface area contributed by atoms with Crippen LogP contribution >= 0.6 is 11.3 Å². The molecule has 0 saturated heterocycles. The molecule has 0 atom stereocenters. The standard InChI is InChI=1S/C18H18N2O3S2/c1-12(2)25(22,23)20-15-6-4-14(5-7-15)18(21)19-16-8-3-13-9-10-24-17(13)11-16/h3-12,20H,1-2H3,(H,19,21). The molecule has 25 heavy (non-hydrogen) atoms. The van der Waals surface area contributed by atoms with Crippen molar-refractivity contribution in [3.8, 4) is 0 Å². The van der Waals surface area contributed by atoms with Gasteiger partial charge in [0.15, 0.2) is 0 Å². The molecule has 0 aliphatic heterocycles. The molecular formula is C18H18N2O3S2. The van der Waals surface area contributed by atoms with Crippen molar-refractivity contribution in [2.24, 2.45) is 0 Å². The van der Waals surface area contributed by atoms with Crippen molar-refractivity contribution in [3.63, 3.8) is 0 Å². The molecule has 1 amide bonds. The number of hydrogen-bond acceptors (Lipinski definition) is 4. The van der Waals surface area contributed by atoms with Crippen LogP contribution in [0.25, 0.3) is 10.1 Å². The molecule has 0 bridgehead atoms. The number of hydrogen-bond donors (Lipinski definition) is 2. The minimum Gasteiger partial charge on any atom is -0.322 e. The molecule has 5 nitrogen and oxygen atoms in total. The quantitative estimate of drug-likeness (QED) is 0.699. The minimum atomic E-state index is -3.40. The fourth-order valence-electron chi connectivity index (χ4n) is 2.21. The highest BCUT2D eigenvalue weighted by Gasteiger charge is 2.15. The smallest absolute Gasteiger partial charge is 0.255 e. The molecule has 0 radical (unpaired) electrons. The molecule has 2 N–H and O–H groups in total. The molecule has 3 rings (SSSR count). The van der Waals surface area contributed by atoms with Gasteiger partial charge in [0.05, 0.1) is 5.25 Å². The van der Waals surface area contributed by atoms with Gasteiger partial charge in [0.25, 0.3) is 5.91 Å². The van der Waals surface area contributed by atoms with Gasteiger partial charge in [-0.25, -0.2) is 8.42 Å². The third-order valence-corrected chi connectivity index (χ3v) is 6.38. The Morgan fingerprint density at radius 2 is 1.68 bits per heavy atom. The van der Waals surface area contributed by atoms with Gasteiger partial charge in [-0.15, -0.1) is 11.3 Å². The highest BCUT2D eigenvalue weighted by atomic mass is 32.2. The normalized spacial score (nSPS) is 11.6. The lowest BCUT2D eigenvalue weighted by Crippen LogP contribution is -2.22. The van der Waals surface area contributed by atoms with Crippen molar-refractivity contribution >= 4 is 48.7 Å². The number of anilines is 2. The van der Waals surface area contributed by atoms with Gasteiger partial charge in [0, 0.05) is 21.6 Å². The van der Waals surface area contributed by atoms with Crippen LogP contribution in [0.15, 0.2) is 53.9 Å². The number of carbonyl (C=O) groups excluding carboxylic acids is 1. The molecule has 1 heterocycles.